The second-order valence-corrected chi connectivity index (χ2v) is 7.26. The molecule has 0 spiro atoms. The summed E-state index contributed by atoms with van der Waals surface area (Å²) < 4.78 is 0. The van der Waals surface area contributed by atoms with Crippen LogP contribution in [0.3, 0.4) is 0 Å². The number of rotatable bonds is 10. The minimum atomic E-state index is -0.482. The number of halogens is 2. The van der Waals surface area contributed by atoms with Gasteiger partial charge in [0.15, 0.2) is 0 Å². The highest BCUT2D eigenvalue weighted by Gasteiger charge is 2.17. The van der Waals surface area contributed by atoms with Gasteiger partial charge < -0.3 is 14.9 Å². The van der Waals surface area contributed by atoms with Crippen LogP contribution in [0.2, 0.25) is 10.0 Å². The highest BCUT2D eigenvalue weighted by molar-refractivity contribution is 6.35. The Morgan fingerprint density at radius 1 is 0.962 bits per heavy atom. The first-order valence-electron chi connectivity index (χ1n) is 9.17. The van der Waals surface area contributed by atoms with Crippen LogP contribution in [0.25, 0.3) is 0 Å². The molecule has 1 unspecified atom stereocenters. The fourth-order valence-corrected chi connectivity index (χ4v) is 3.45. The van der Waals surface area contributed by atoms with E-state index in [-0.39, 0.29) is 0 Å². The highest BCUT2D eigenvalue weighted by Crippen LogP contribution is 2.29. The Morgan fingerprint density at radius 2 is 1.65 bits per heavy atom. The maximum atomic E-state index is 10.6. The molecule has 2 rings (SSSR count). The molecule has 0 aromatic heterocycles. The SMILES string of the molecule is CCN(CC)CCN(CC(O)Cc1ccccc1)c1cc(Cl)ccc1Cl. The monoisotopic (exact) mass is 394 g/mol. The number of aliphatic hydroxyl groups is 1. The molecular weight excluding hydrogens is 367 g/mol. The first-order chi connectivity index (χ1) is 12.5. The maximum absolute atomic E-state index is 10.6. The van der Waals surface area contributed by atoms with Crippen molar-refractivity contribution in [3.05, 3.63) is 64.1 Å². The van der Waals surface area contributed by atoms with Gasteiger partial charge in [0.25, 0.3) is 0 Å². The van der Waals surface area contributed by atoms with Crippen LogP contribution >= 0.6 is 23.2 Å². The molecule has 1 N–H and O–H groups in total. The molecule has 0 fully saturated rings. The molecule has 142 valence electrons. The summed E-state index contributed by atoms with van der Waals surface area (Å²) in [5.74, 6) is 0. The number of anilines is 1. The van der Waals surface area contributed by atoms with Crippen molar-refractivity contribution in [1.82, 2.24) is 4.90 Å². The molecule has 2 aromatic rings. The summed E-state index contributed by atoms with van der Waals surface area (Å²) in [4.78, 5) is 4.50. The van der Waals surface area contributed by atoms with Gasteiger partial charge in [-0.05, 0) is 36.9 Å². The molecule has 0 saturated heterocycles. The first kappa shape index (κ1) is 21.0. The Hall–Kier alpha value is -1.26. The summed E-state index contributed by atoms with van der Waals surface area (Å²) in [5, 5.41) is 11.9. The average Bonchev–Trinajstić information content (AvgIpc) is 2.64. The van der Waals surface area contributed by atoms with Gasteiger partial charge in [-0.25, -0.2) is 0 Å². The Kier molecular flexibility index (Phi) is 8.73. The molecule has 1 atom stereocenters. The van der Waals surface area contributed by atoms with Gasteiger partial charge >= 0.3 is 0 Å². The average molecular weight is 395 g/mol. The third kappa shape index (κ3) is 6.48. The van der Waals surface area contributed by atoms with Crippen molar-refractivity contribution in [1.29, 1.82) is 0 Å². The molecule has 0 aliphatic heterocycles. The van der Waals surface area contributed by atoms with E-state index in [9.17, 15) is 5.11 Å². The van der Waals surface area contributed by atoms with Crippen LogP contribution in [-0.4, -0.2) is 48.8 Å². The molecule has 0 aliphatic rings. The van der Waals surface area contributed by atoms with E-state index in [0.29, 0.717) is 23.0 Å². The number of hydrogen-bond acceptors (Lipinski definition) is 3. The van der Waals surface area contributed by atoms with E-state index in [0.717, 1.165) is 37.4 Å². The third-order valence-corrected chi connectivity index (χ3v) is 5.13. The van der Waals surface area contributed by atoms with E-state index in [2.05, 4.69) is 23.6 Å². The highest BCUT2D eigenvalue weighted by atomic mass is 35.5. The van der Waals surface area contributed by atoms with Gasteiger partial charge in [-0.3, -0.25) is 0 Å². The number of benzene rings is 2. The van der Waals surface area contributed by atoms with Gasteiger partial charge in [0.1, 0.15) is 0 Å². The van der Waals surface area contributed by atoms with Crippen molar-refractivity contribution in [2.75, 3.05) is 37.6 Å². The smallest absolute Gasteiger partial charge is 0.0755 e. The molecule has 5 heteroatoms. The fourth-order valence-electron chi connectivity index (χ4n) is 3.05. The predicted octanol–water partition coefficient (Wildman–Crippen LogP) is 4.75. The molecule has 0 radical (unpaired) electrons. The van der Waals surface area contributed by atoms with Gasteiger partial charge in [0.2, 0.25) is 0 Å². The van der Waals surface area contributed by atoms with Crippen LogP contribution in [0.5, 0.6) is 0 Å². The summed E-state index contributed by atoms with van der Waals surface area (Å²) in [5.41, 5.74) is 2.00. The number of aliphatic hydroxyl groups excluding tert-OH is 1. The maximum Gasteiger partial charge on any atom is 0.0755 e. The molecular formula is C21H28Cl2N2O. The lowest BCUT2D eigenvalue weighted by Gasteiger charge is -2.31. The van der Waals surface area contributed by atoms with Crippen LogP contribution in [0, 0.1) is 0 Å². The van der Waals surface area contributed by atoms with Crippen molar-refractivity contribution in [2.45, 2.75) is 26.4 Å². The molecule has 26 heavy (non-hydrogen) atoms. The largest absolute Gasteiger partial charge is 0.391 e. The normalized spacial score (nSPS) is 12.4. The number of likely N-dealkylation sites (N-methyl/N-ethyl adjacent to an activating group) is 1. The van der Waals surface area contributed by atoms with Crippen molar-refractivity contribution in [3.8, 4) is 0 Å². The standard InChI is InChI=1S/C21H28Cl2N2O/c1-3-24(4-2)12-13-25(21-15-18(22)10-11-20(21)23)16-19(26)14-17-8-6-5-7-9-17/h5-11,15,19,26H,3-4,12-14,16H2,1-2H3. The van der Waals surface area contributed by atoms with E-state index in [1.807, 2.05) is 42.5 Å². The van der Waals surface area contributed by atoms with Gasteiger partial charge in [0.05, 0.1) is 16.8 Å². The Morgan fingerprint density at radius 3 is 2.31 bits per heavy atom. The van der Waals surface area contributed by atoms with E-state index in [4.69, 9.17) is 23.2 Å². The van der Waals surface area contributed by atoms with Crippen molar-refractivity contribution >= 4 is 28.9 Å². The second kappa shape index (κ2) is 10.8. The Balaban J connectivity index is 2.12. The minimum absolute atomic E-state index is 0.482. The van der Waals surface area contributed by atoms with E-state index < -0.39 is 6.10 Å². The van der Waals surface area contributed by atoms with Gasteiger partial charge in [-0.2, -0.15) is 0 Å². The summed E-state index contributed by atoms with van der Waals surface area (Å²) in [6, 6.07) is 15.5. The quantitative estimate of drug-likeness (QED) is 0.629. The van der Waals surface area contributed by atoms with E-state index >= 15 is 0 Å². The van der Waals surface area contributed by atoms with Crippen LogP contribution in [0.1, 0.15) is 19.4 Å². The third-order valence-electron chi connectivity index (χ3n) is 4.57. The van der Waals surface area contributed by atoms with Gasteiger partial charge in [-0.15, -0.1) is 0 Å². The summed E-state index contributed by atoms with van der Waals surface area (Å²) in [6.07, 6.45) is 0.130. The zero-order valence-electron chi connectivity index (χ0n) is 15.5. The molecule has 2 aromatic carbocycles. The zero-order valence-corrected chi connectivity index (χ0v) is 17.0. The topological polar surface area (TPSA) is 26.7 Å². The Labute approximate surface area is 167 Å². The summed E-state index contributed by atoms with van der Waals surface area (Å²) in [7, 11) is 0. The van der Waals surface area contributed by atoms with Crippen LogP contribution in [-0.2, 0) is 6.42 Å². The van der Waals surface area contributed by atoms with Crippen LogP contribution in [0.4, 0.5) is 5.69 Å². The van der Waals surface area contributed by atoms with Crippen molar-refractivity contribution in [3.63, 3.8) is 0 Å². The molecule has 0 aliphatic carbocycles. The predicted molar refractivity (Wildman–Crippen MR) is 113 cm³/mol. The molecule has 0 saturated carbocycles. The van der Waals surface area contributed by atoms with Crippen molar-refractivity contribution in [2.24, 2.45) is 0 Å². The first-order valence-corrected chi connectivity index (χ1v) is 9.93. The lowest BCUT2D eigenvalue weighted by Crippen LogP contribution is -2.40. The molecule has 0 heterocycles. The number of hydrogen-bond donors (Lipinski definition) is 1. The van der Waals surface area contributed by atoms with E-state index in [1.165, 1.54) is 0 Å². The second-order valence-electron chi connectivity index (χ2n) is 6.41. The Bertz CT molecular complexity index is 662. The number of nitrogens with zero attached hydrogens (tertiary/aromatic N) is 2. The summed E-state index contributed by atoms with van der Waals surface area (Å²) >= 11 is 12.6. The van der Waals surface area contributed by atoms with Crippen LogP contribution in [0.15, 0.2) is 48.5 Å². The minimum Gasteiger partial charge on any atom is -0.391 e. The molecule has 0 amide bonds. The van der Waals surface area contributed by atoms with Crippen LogP contribution < -0.4 is 4.90 Å². The van der Waals surface area contributed by atoms with Gasteiger partial charge in [-0.1, -0.05) is 67.4 Å². The summed E-state index contributed by atoms with van der Waals surface area (Å²) in [6.45, 7) is 8.52. The lowest BCUT2D eigenvalue weighted by molar-refractivity contribution is 0.178. The van der Waals surface area contributed by atoms with Gasteiger partial charge in [0, 0.05) is 31.1 Å². The van der Waals surface area contributed by atoms with E-state index in [1.54, 1.807) is 6.07 Å². The van der Waals surface area contributed by atoms with Crippen molar-refractivity contribution < 1.29 is 5.11 Å². The lowest BCUT2D eigenvalue weighted by atomic mass is 10.1. The molecule has 0 bridgehead atoms. The zero-order chi connectivity index (χ0) is 18.9. The fraction of sp³-hybridized carbons (Fsp3) is 0.429. The molecule has 3 nitrogen and oxygen atoms in total.